The molecule has 2 aromatic rings. The normalized spacial score (nSPS) is 24.6. The number of hydrogen-bond acceptors (Lipinski definition) is 6. The Bertz CT molecular complexity index is 1150. The maximum absolute atomic E-state index is 13.6. The smallest absolute Gasteiger partial charge is 0.342 e. The summed E-state index contributed by atoms with van der Waals surface area (Å²) in [5.74, 6) is -1.33. The summed E-state index contributed by atoms with van der Waals surface area (Å²) in [7, 11) is 0. The number of rotatable bonds is 6. The van der Waals surface area contributed by atoms with Gasteiger partial charge >= 0.3 is 11.9 Å². The molecule has 4 rings (SSSR count). The first-order valence-electron chi connectivity index (χ1n) is 11.4. The molecule has 3 atom stereocenters. The van der Waals surface area contributed by atoms with Crippen LogP contribution in [0.15, 0.2) is 30.3 Å². The molecule has 2 bridgehead atoms. The van der Waals surface area contributed by atoms with Crippen molar-refractivity contribution >= 4 is 29.2 Å². The first kappa shape index (κ1) is 24.3. The number of phenolic OH excluding ortho intramolecular Hbond substituents is 1. The highest BCUT2D eigenvalue weighted by Gasteiger charge is 2.62. The zero-order valence-electron chi connectivity index (χ0n) is 19.7. The van der Waals surface area contributed by atoms with Crippen molar-refractivity contribution in [3.8, 4) is 11.5 Å². The Morgan fingerprint density at radius 1 is 1.24 bits per heavy atom. The lowest BCUT2D eigenvalue weighted by Crippen LogP contribution is -2.38. The molecule has 8 heteroatoms. The highest BCUT2D eigenvalue weighted by molar-refractivity contribution is 6.32. The van der Waals surface area contributed by atoms with Crippen molar-refractivity contribution in [2.24, 2.45) is 16.7 Å². The first-order valence-corrected chi connectivity index (χ1v) is 11.7. The molecule has 0 amide bonds. The molecule has 34 heavy (non-hydrogen) atoms. The van der Waals surface area contributed by atoms with Gasteiger partial charge in [0.05, 0.1) is 5.02 Å². The minimum absolute atomic E-state index is 0.0590. The van der Waals surface area contributed by atoms with E-state index in [1.54, 1.807) is 6.07 Å². The number of benzene rings is 2. The fourth-order valence-corrected chi connectivity index (χ4v) is 5.72. The molecule has 0 spiro atoms. The van der Waals surface area contributed by atoms with Gasteiger partial charge in [0.2, 0.25) is 0 Å². The van der Waals surface area contributed by atoms with Crippen molar-refractivity contribution in [2.45, 2.75) is 59.6 Å². The van der Waals surface area contributed by atoms with E-state index in [0.717, 1.165) is 25.3 Å². The Hall–Kier alpha value is -2.80. The predicted molar refractivity (Wildman–Crippen MR) is 127 cm³/mol. The highest BCUT2D eigenvalue weighted by atomic mass is 35.5. The summed E-state index contributed by atoms with van der Waals surface area (Å²) < 4.78 is 24.9. The van der Waals surface area contributed by atoms with E-state index in [2.05, 4.69) is 26.1 Å². The van der Waals surface area contributed by atoms with Crippen LogP contribution in [0.25, 0.3) is 0 Å². The molecular formula is C26H29ClFNO5. The van der Waals surface area contributed by atoms with Gasteiger partial charge in [-0.2, -0.15) is 0 Å². The fraction of sp³-hybridized carbons (Fsp3) is 0.462. The van der Waals surface area contributed by atoms with Gasteiger partial charge in [-0.25, -0.2) is 9.18 Å². The minimum Gasteiger partial charge on any atom is -0.506 e. The van der Waals surface area contributed by atoms with E-state index in [0.29, 0.717) is 11.6 Å². The van der Waals surface area contributed by atoms with Crippen LogP contribution in [0.1, 0.15) is 62.9 Å². The molecule has 0 heterocycles. The third kappa shape index (κ3) is 4.22. The van der Waals surface area contributed by atoms with E-state index in [1.807, 2.05) is 0 Å². The standard InChI is InChI=1S/C26H29ClFNO5/c1-14(30)33-21-12-18(29-13-15-9-17(28)11-20(27)23(15)31)5-6-19(21)24(32)34-22-10-16-7-8-26(22,4)25(16,2)3/h5-6,9,11-12,16,22,29,31H,7-8,10,13H2,1-4H3. The fourth-order valence-electron chi connectivity index (χ4n) is 5.49. The average molecular weight is 490 g/mol. The second-order valence-corrected chi connectivity index (χ2v) is 10.5. The molecule has 2 aliphatic rings. The molecule has 0 radical (unpaired) electrons. The summed E-state index contributed by atoms with van der Waals surface area (Å²) in [6.45, 7) is 7.98. The van der Waals surface area contributed by atoms with Crippen LogP contribution in [0.2, 0.25) is 5.02 Å². The topological polar surface area (TPSA) is 84.9 Å². The second kappa shape index (κ2) is 8.77. The number of carbonyl (C=O) groups excluding carboxylic acids is 2. The lowest BCUT2D eigenvalue weighted by Gasteiger charge is -2.38. The molecule has 2 fully saturated rings. The average Bonchev–Trinajstić information content (AvgIpc) is 3.08. The van der Waals surface area contributed by atoms with Crippen LogP contribution in [-0.2, 0) is 16.1 Å². The molecule has 3 unspecified atom stereocenters. The van der Waals surface area contributed by atoms with E-state index in [9.17, 15) is 19.1 Å². The Morgan fingerprint density at radius 2 is 1.97 bits per heavy atom. The zero-order valence-corrected chi connectivity index (χ0v) is 20.5. The lowest BCUT2D eigenvalue weighted by atomic mass is 9.70. The number of ether oxygens (including phenoxy) is 2. The largest absolute Gasteiger partial charge is 0.506 e. The summed E-state index contributed by atoms with van der Waals surface area (Å²) in [4.78, 5) is 24.8. The van der Waals surface area contributed by atoms with Crippen molar-refractivity contribution in [2.75, 3.05) is 5.32 Å². The number of carbonyl (C=O) groups is 2. The SMILES string of the molecule is CC(=O)Oc1cc(NCc2cc(F)cc(Cl)c2O)ccc1C(=O)OC1CC2CCC1(C)C2(C)C. The quantitative estimate of drug-likeness (QED) is 0.377. The van der Waals surface area contributed by atoms with Crippen LogP contribution >= 0.6 is 11.6 Å². The van der Waals surface area contributed by atoms with Crippen molar-refractivity contribution in [1.29, 1.82) is 0 Å². The Kier molecular flexibility index (Phi) is 6.27. The summed E-state index contributed by atoms with van der Waals surface area (Å²) in [5.41, 5.74) is 0.914. The third-order valence-electron chi connectivity index (χ3n) is 8.01. The lowest BCUT2D eigenvalue weighted by molar-refractivity contribution is -0.131. The van der Waals surface area contributed by atoms with E-state index in [-0.39, 0.29) is 51.1 Å². The summed E-state index contributed by atoms with van der Waals surface area (Å²) in [5, 5.41) is 13.0. The van der Waals surface area contributed by atoms with E-state index in [1.165, 1.54) is 25.1 Å². The second-order valence-electron chi connectivity index (χ2n) is 10.1. The zero-order chi connectivity index (χ0) is 24.8. The number of aromatic hydroxyl groups is 1. The number of anilines is 1. The van der Waals surface area contributed by atoms with E-state index in [4.69, 9.17) is 21.1 Å². The minimum atomic E-state index is -0.575. The third-order valence-corrected chi connectivity index (χ3v) is 8.30. The summed E-state index contributed by atoms with van der Waals surface area (Å²) in [6, 6.07) is 6.86. The van der Waals surface area contributed by atoms with Crippen LogP contribution in [0.5, 0.6) is 11.5 Å². The molecule has 0 aliphatic heterocycles. The van der Waals surface area contributed by atoms with Gasteiger partial charge in [0.1, 0.15) is 29.0 Å². The molecule has 0 aromatic heterocycles. The molecule has 2 saturated carbocycles. The number of halogens is 2. The van der Waals surface area contributed by atoms with Gasteiger partial charge in [-0.3, -0.25) is 4.79 Å². The van der Waals surface area contributed by atoms with E-state index < -0.39 is 17.8 Å². The van der Waals surface area contributed by atoms with Gasteiger partial charge in [-0.05, 0) is 54.9 Å². The summed E-state index contributed by atoms with van der Waals surface area (Å²) in [6.07, 6.45) is 2.79. The Labute approximate surface area is 203 Å². The maximum atomic E-state index is 13.6. The molecule has 2 aliphatic carbocycles. The van der Waals surface area contributed by atoms with Crippen LogP contribution in [-0.4, -0.2) is 23.1 Å². The van der Waals surface area contributed by atoms with Crippen LogP contribution < -0.4 is 10.1 Å². The summed E-state index contributed by atoms with van der Waals surface area (Å²) >= 11 is 5.83. The van der Waals surface area contributed by atoms with Gasteiger partial charge in [-0.15, -0.1) is 0 Å². The number of phenols is 1. The first-order chi connectivity index (χ1) is 15.9. The van der Waals surface area contributed by atoms with Crippen molar-refractivity contribution in [1.82, 2.24) is 0 Å². The predicted octanol–water partition coefficient (Wildman–Crippen LogP) is 6.09. The molecule has 6 nitrogen and oxygen atoms in total. The van der Waals surface area contributed by atoms with Crippen LogP contribution in [0.4, 0.5) is 10.1 Å². The van der Waals surface area contributed by atoms with Crippen molar-refractivity contribution in [3.05, 3.63) is 52.3 Å². The monoisotopic (exact) mass is 489 g/mol. The van der Waals surface area contributed by atoms with Gasteiger partial charge in [0, 0.05) is 36.2 Å². The number of esters is 2. The molecular weight excluding hydrogens is 461 g/mol. The van der Waals surface area contributed by atoms with Crippen molar-refractivity contribution < 1.29 is 28.6 Å². The van der Waals surface area contributed by atoms with E-state index >= 15 is 0 Å². The van der Waals surface area contributed by atoms with Crippen LogP contribution in [0, 0.1) is 22.6 Å². The number of nitrogens with one attached hydrogen (secondary N) is 1. The number of hydrogen-bond donors (Lipinski definition) is 2. The van der Waals surface area contributed by atoms with Gasteiger partial charge < -0.3 is 19.9 Å². The highest BCUT2D eigenvalue weighted by Crippen LogP contribution is 2.66. The Morgan fingerprint density at radius 3 is 2.59 bits per heavy atom. The van der Waals surface area contributed by atoms with Crippen LogP contribution in [0.3, 0.4) is 0 Å². The number of fused-ring (bicyclic) bond motifs is 2. The Balaban J connectivity index is 1.53. The van der Waals surface area contributed by atoms with Gasteiger partial charge in [0.25, 0.3) is 0 Å². The molecule has 2 aromatic carbocycles. The van der Waals surface area contributed by atoms with Gasteiger partial charge in [-0.1, -0.05) is 32.4 Å². The molecule has 182 valence electrons. The molecule has 2 N–H and O–H groups in total. The molecule has 0 saturated heterocycles. The van der Waals surface area contributed by atoms with Gasteiger partial charge in [0.15, 0.2) is 0 Å². The maximum Gasteiger partial charge on any atom is 0.342 e. The van der Waals surface area contributed by atoms with Crippen molar-refractivity contribution in [3.63, 3.8) is 0 Å².